The Balaban J connectivity index is 0.00000196. The molecular weight excluding hydrogens is 214 g/mol. The third-order valence-corrected chi connectivity index (χ3v) is 2.81. The van der Waals surface area contributed by atoms with Crippen molar-refractivity contribution in [1.82, 2.24) is 4.90 Å². The van der Waals surface area contributed by atoms with E-state index in [1.54, 1.807) is 0 Å². The van der Waals surface area contributed by atoms with Gasteiger partial charge in [-0.1, -0.05) is 13.3 Å². The van der Waals surface area contributed by atoms with Crippen molar-refractivity contribution in [2.45, 2.75) is 45.1 Å². The molecule has 1 unspecified atom stereocenters. The summed E-state index contributed by atoms with van der Waals surface area (Å²) in [6, 6.07) is 0.449. The van der Waals surface area contributed by atoms with E-state index < -0.39 is 0 Å². The number of ether oxygens (including phenoxy) is 1. The van der Waals surface area contributed by atoms with Gasteiger partial charge in [-0.05, 0) is 32.9 Å². The van der Waals surface area contributed by atoms with Crippen LogP contribution in [0, 0.1) is 0 Å². The average Bonchev–Trinajstić information content (AvgIpc) is 2.17. The molecule has 1 atom stereocenters. The number of likely N-dealkylation sites (tertiary alicyclic amines) is 1. The smallest absolute Gasteiger partial charge is 0.305 e. The highest BCUT2D eigenvalue weighted by Gasteiger charge is 2.19. The van der Waals surface area contributed by atoms with Crippen molar-refractivity contribution in [3.63, 3.8) is 0 Å². The lowest BCUT2D eigenvalue weighted by molar-refractivity contribution is -0.145. The Labute approximate surface area is 98.6 Å². The van der Waals surface area contributed by atoms with Crippen molar-refractivity contribution in [2.24, 2.45) is 0 Å². The number of esters is 1. The van der Waals surface area contributed by atoms with Crippen LogP contribution in [0.25, 0.3) is 0 Å². The second-order valence-electron chi connectivity index (χ2n) is 4.06. The number of halogens is 1. The van der Waals surface area contributed by atoms with E-state index in [4.69, 9.17) is 4.74 Å². The van der Waals surface area contributed by atoms with E-state index in [0.717, 1.165) is 19.4 Å². The van der Waals surface area contributed by atoms with Crippen LogP contribution in [-0.4, -0.2) is 37.1 Å². The fourth-order valence-electron chi connectivity index (χ4n) is 1.82. The first-order valence-corrected chi connectivity index (χ1v) is 5.60. The van der Waals surface area contributed by atoms with E-state index in [0.29, 0.717) is 19.1 Å². The zero-order valence-electron chi connectivity index (χ0n) is 9.70. The molecule has 4 heteroatoms. The summed E-state index contributed by atoms with van der Waals surface area (Å²) in [5.74, 6) is -0.0496. The zero-order chi connectivity index (χ0) is 10.4. The van der Waals surface area contributed by atoms with E-state index in [1.807, 2.05) is 6.92 Å². The molecule has 90 valence electrons. The van der Waals surface area contributed by atoms with E-state index in [9.17, 15) is 4.79 Å². The van der Waals surface area contributed by atoms with E-state index in [2.05, 4.69) is 11.9 Å². The SMILES string of the molecule is CCCC(=O)OCC1CCCCN1C.Cl. The van der Waals surface area contributed by atoms with Crippen LogP contribution in [0.2, 0.25) is 0 Å². The van der Waals surface area contributed by atoms with Gasteiger partial charge < -0.3 is 9.64 Å². The summed E-state index contributed by atoms with van der Waals surface area (Å²) in [5, 5.41) is 0. The van der Waals surface area contributed by atoms with Crippen LogP contribution >= 0.6 is 12.4 Å². The summed E-state index contributed by atoms with van der Waals surface area (Å²) in [6.07, 6.45) is 5.13. The molecule has 0 radical (unpaired) electrons. The molecule has 3 nitrogen and oxygen atoms in total. The molecule has 1 fully saturated rings. The van der Waals surface area contributed by atoms with Gasteiger partial charge >= 0.3 is 5.97 Å². The second kappa shape index (κ2) is 7.94. The van der Waals surface area contributed by atoms with Gasteiger partial charge in [-0.15, -0.1) is 12.4 Å². The quantitative estimate of drug-likeness (QED) is 0.700. The fourth-order valence-corrected chi connectivity index (χ4v) is 1.82. The first-order chi connectivity index (χ1) is 6.74. The lowest BCUT2D eigenvalue weighted by atomic mass is 10.0. The highest BCUT2D eigenvalue weighted by Crippen LogP contribution is 2.15. The van der Waals surface area contributed by atoms with E-state index in [1.165, 1.54) is 12.8 Å². The Morgan fingerprint density at radius 1 is 1.47 bits per heavy atom. The molecule has 0 aromatic rings. The standard InChI is InChI=1S/C11H21NO2.ClH/c1-3-6-11(13)14-9-10-7-4-5-8-12(10)2;/h10H,3-9H2,1-2H3;1H. The van der Waals surface area contributed by atoms with Crippen LogP contribution in [0.4, 0.5) is 0 Å². The predicted molar refractivity (Wildman–Crippen MR) is 63.4 cm³/mol. The molecule has 0 amide bonds. The van der Waals surface area contributed by atoms with E-state index in [-0.39, 0.29) is 18.4 Å². The number of rotatable bonds is 4. The Morgan fingerprint density at radius 2 is 2.20 bits per heavy atom. The molecule has 1 rings (SSSR count). The summed E-state index contributed by atoms with van der Waals surface area (Å²) in [4.78, 5) is 13.4. The number of likely N-dealkylation sites (N-methyl/N-ethyl adjacent to an activating group) is 1. The zero-order valence-corrected chi connectivity index (χ0v) is 10.5. The molecule has 0 saturated carbocycles. The molecule has 0 spiro atoms. The number of carbonyl (C=O) groups excluding carboxylic acids is 1. The summed E-state index contributed by atoms with van der Waals surface area (Å²) in [6.45, 7) is 3.71. The first-order valence-electron chi connectivity index (χ1n) is 5.60. The monoisotopic (exact) mass is 235 g/mol. The molecule has 0 bridgehead atoms. The van der Waals surface area contributed by atoms with Gasteiger partial charge in [0.05, 0.1) is 0 Å². The minimum Gasteiger partial charge on any atom is -0.464 e. The Hall–Kier alpha value is -0.280. The van der Waals surface area contributed by atoms with Crippen molar-refractivity contribution in [3.05, 3.63) is 0 Å². The minimum absolute atomic E-state index is 0. The van der Waals surface area contributed by atoms with Crippen LogP contribution < -0.4 is 0 Å². The van der Waals surface area contributed by atoms with Gasteiger partial charge in [0.2, 0.25) is 0 Å². The number of hydrogen-bond donors (Lipinski definition) is 0. The lowest BCUT2D eigenvalue weighted by Crippen LogP contribution is -2.39. The van der Waals surface area contributed by atoms with Gasteiger partial charge in [0, 0.05) is 12.5 Å². The molecule has 0 aromatic carbocycles. The Kier molecular flexibility index (Phi) is 7.79. The van der Waals surface area contributed by atoms with Crippen LogP contribution in [0.5, 0.6) is 0 Å². The van der Waals surface area contributed by atoms with Crippen molar-refractivity contribution < 1.29 is 9.53 Å². The Bertz CT molecular complexity index is 187. The molecule has 1 heterocycles. The van der Waals surface area contributed by atoms with Crippen molar-refractivity contribution in [1.29, 1.82) is 0 Å². The highest BCUT2D eigenvalue weighted by atomic mass is 35.5. The summed E-state index contributed by atoms with van der Waals surface area (Å²) < 4.78 is 5.21. The van der Waals surface area contributed by atoms with Crippen LogP contribution in [0.1, 0.15) is 39.0 Å². The molecule has 1 aliphatic heterocycles. The van der Waals surface area contributed by atoms with Gasteiger partial charge in [-0.3, -0.25) is 4.79 Å². The maximum atomic E-state index is 11.2. The highest BCUT2D eigenvalue weighted by molar-refractivity contribution is 5.85. The molecule has 0 N–H and O–H groups in total. The molecule has 15 heavy (non-hydrogen) atoms. The largest absolute Gasteiger partial charge is 0.464 e. The number of nitrogens with zero attached hydrogens (tertiary/aromatic N) is 1. The van der Waals surface area contributed by atoms with Gasteiger partial charge in [0.15, 0.2) is 0 Å². The minimum atomic E-state index is -0.0496. The van der Waals surface area contributed by atoms with Crippen molar-refractivity contribution in [3.8, 4) is 0 Å². The maximum absolute atomic E-state index is 11.2. The third kappa shape index (κ3) is 5.38. The predicted octanol–water partition coefficient (Wildman–Crippen LogP) is 2.24. The summed E-state index contributed by atoms with van der Waals surface area (Å²) in [5.41, 5.74) is 0. The van der Waals surface area contributed by atoms with Gasteiger partial charge in [-0.25, -0.2) is 0 Å². The van der Waals surface area contributed by atoms with Crippen molar-refractivity contribution >= 4 is 18.4 Å². The maximum Gasteiger partial charge on any atom is 0.305 e. The number of hydrogen-bond acceptors (Lipinski definition) is 3. The van der Waals surface area contributed by atoms with Crippen LogP contribution in [-0.2, 0) is 9.53 Å². The Morgan fingerprint density at radius 3 is 2.80 bits per heavy atom. The molecule has 1 saturated heterocycles. The summed E-state index contributed by atoms with van der Waals surface area (Å²) in [7, 11) is 2.11. The lowest BCUT2D eigenvalue weighted by Gasteiger charge is -2.31. The van der Waals surface area contributed by atoms with Crippen molar-refractivity contribution in [2.75, 3.05) is 20.2 Å². The first kappa shape index (κ1) is 14.7. The van der Waals surface area contributed by atoms with Crippen LogP contribution in [0.3, 0.4) is 0 Å². The molecule has 0 aromatic heterocycles. The van der Waals surface area contributed by atoms with Gasteiger partial charge in [-0.2, -0.15) is 0 Å². The molecular formula is C11H22ClNO2. The average molecular weight is 236 g/mol. The summed E-state index contributed by atoms with van der Waals surface area (Å²) >= 11 is 0. The topological polar surface area (TPSA) is 29.5 Å². The van der Waals surface area contributed by atoms with Crippen LogP contribution in [0.15, 0.2) is 0 Å². The third-order valence-electron chi connectivity index (χ3n) is 2.81. The number of piperidine rings is 1. The van der Waals surface area contributed by atoms with Gasteiger partial charge in [0.1, 0.15) is 6.61 Å². The van der Waals surface area contributed by atoms with E-state index >= 15 is 0 Å². The fraction of sp³-hybridized carbons (Fsp3) is 0.909. The second-order valence-corrected chi connectivity index (χ2v) is 4.06. The molecule has 0 aliphatic carbocycles. The number of carbonyl (C=O) groups is 1. The normalized spacial score (nSPS) is 21.9. The molecule has 1 aliphatic rings. The van der Waals surface area contributed by atoms with Gasteiger partial charge in [0.25, 0.3) is 0 Å².